The van der Waals surface area contributed by atoms with E-state index in [1.165, 1.54) is 0 Å². The van der Waals surface area contributed by atoms with Crippen LogP contribution in [0.2, 0.25) is 5.02 Å². The van der Waals surface area contributed by atoms with Gasteiger partial charge in [0.15, 0.2) is 0 Å². The minimum atomic E-state index is -0.747. The van der Waals surface area contributed by atoms with Crippen molar-refractivity contribution in [3.8, 4) is 5.75 Å². The SMILES string of the molecule is CCOc1c(C)cc(Cl)c(C)c1C(CC)CC(O)C(C)O. The Morgan fingerprint density at radius 2 is 1.86 bits per heavy atom. The molecule has 0 aliphatic heterocycles. The molecule has 4 heteroatoms. The summed E-state index contributed by atoms with van der Waals surface area (Å²) < 4.78 is 5.83. The van der Waals surface area contributed by atoms with Crippen LogP contribution in [0.3, 0.4) is 0 Å². The topological polar surface area (TPSA) is 49.7 Å². The minimum absolute atomic E-state index is 0.105. The number of hydrogen-bond donors (Lipinski definition) is 2. The third-order valence-corrected chi connectivity index (χ3v) is 4.37. The first kappa shape index (κ1) is 18.3. The number of aliphatic hydroxyl groups excluding tert-OH is 2. The molecule has 0 saturated carbocycles. The zero-order valence-corrected chi connectivity index (χ0v) is 14.4. The fraction of sp³-hybridized carbons (Fsp3) is 0.647. The summed E-state index contributed by atoms with van der Waals surface area (Å²) in [7, 11) is 0. The Morgan fingerprint density at radius 3 is 2.33 bits per heavy atom. The van der Waals surface area contributed by atoms with Crippen molar-refractivity contribution in [1.82, 2.24) is 0 Å². The second kappa shape index (κ2) is 8.02. The highest BCUT2D eigenvalue weighted by atomic mass is 35.5. The molecular formula is C17H27ClO3. The Morgan fingerprint density at radius 1 is 1.24 bits per heavy atom. The summed E-state index contributed by atoms with van der Waals surface area (Å²) in [6.07, 6.45) is -0.141. The van der Waals surface area contributed by atoms with Crippen molar-refractivity contribution in [3.05, 3.63) is 27.8 Å². The van der Waals surface area contributed by atoms with Gasteiger partial charge < -0.3 is 14.9 Å². The number of hydrogen-bond acceptors (Lipinski definition) is 3. The number of ether oxygens (including phenoxy) is 1. The second-order valence-corrected chi connectivity index (χ2v) is 6.03. The number of benzene rings is 1. The Kier molecular flexibility index (Phi) is 6.98. The second-order valence-electron chi connectivity index (χ2n) is 5.62. The van der Waals surface area contributed by atoms with Crippen LogP contribution in [0.25, 0.3) is 0 Å². The molecule has 0 heterocycles. The molecule has 3 atom stereocenters. The van der Waals surface area contributed by atoms with E-state index in [2.05, 4.69) is 6.92 Å². The highest BCUT2D eigenvalue weighted by molar-refractivity contribution is 6.31. The third kappa shape index (κ3) is 4.35. The van der Waals surface area contributed by atoms with Gasteiger partial charge in [0.05, 0.1) is 18.8 Å². The number of halogens is 1. The highest BCUT2D eigenvalue weighted by Gasteiger charge is 2.25. The van der Waals surface area contributed by atoms with Crippen molar-refractivity contribution in [2.75, 3.05) is 6.61 Å². The summed E-state index contributed by atoms with van der Waals surface area (Å²) in [6.45, 7) is 10.2. The lowest BCUT2D eigenvalue weighted by molar-refractivity contribution is 0.0213. The molecule has 1 aromatic carbocycles. The smallest absolute Gasteiger partial charge is 0.126 e. The summed E-state index contributed by atoms with van der Waals surface area (Å²) in [5, 5.41) is 20.3. The van der Waals surface area contributed by atoms with E-state index in [1.54, 1.807) is 6.92 Å². The highest BCUT2D eigenvalue weighted by Crippen LogP contribution is 2.40. The summed E-state index contributed by atoms with van der Waals surface area (Å²) in [6, 6.07) is 1.92. The molecule has 3 nitrogen and oxygen atoms in total. The van der Waals surface area contributed by atoms with Gasteiger partial charge in [-0.15, -0.1) is 0 Å². The maximum absolute atomic E-state index is 10.0. The largest absolute Gasteiger partial charge is 0.493 e. The number of aliphatic hydroxyl groups is 2. The van der Waals surface area contributed by atoms with Gasteiger partial charge in [-0.05, 0) is 63.6 Å². The van der Waals surface area contributed by atoms with Crippen LogP contribution in [0.4, 0.5) is 0 Å². The molecule has 0 fully saturated rings. The molecule has 2 N–H and O–H groups in total. The molecule has 0 aliphatic rings. The predicted octanol–water partition coefficient (Wildman–Crippen LogP) is 3.98. The van der Waals surface area contributed by atoms with Crippen molar-refractivity contribution >= 4 is 11.6 Å². The summed E-state index contributed by atoms with van der Waals surface area (Å²) >= 11 is 6.32. The van der Waals surface area contributed by atoms with Crippen molar-refractivity contribution in [1.29, 1.82) is 0 Å². The maximum atomic E-state index is 10.0. The average Bonchev–Trinajstić information content (AvgIpc) is 2.43. The molecule has 1 rings (SSSR count). The van der Waals surface area contributed by atoms with Crippen molar-refractivity contribution < 1.29 is 14.9 Å². The van der Waals surface area contributed by atoms with Crippen molar-refractivity contribution in [3.63, 3.8) is 0 Å². The van der Waals surface area contributed by atoms with Gasteiger partial charge in [-0.1, -0.05) is 18.5 Å². The van der Waals surface area contributed by atoms with E-state index < -0.39 is 12.2 Å². The van der Waals surface area contributed by atoms with Gasteiger partial charge >= 0.3 is 0 Å². The maximum Gasteiger partial charge on any atom is 0.126 e. The molecule has 21 heavy (non-hydrogen) atoms. The quantitative estimate of drug-likeness (QED) is 0.800. The average molecular weight is 315 g/mol. The van der Waals surface area contributed by atoms with Gasteiger partial charge in [0.1, 0.15) is 5.75 Å². The van der Waals surface area contributed by atoms with Crippen LogP contribution in [-0.2, 0) is 0 Å². The minimum Gasteiger partial charge on any atom is -0.493 e. The fourth-order valence-electron chi connectivity index (χ4n) is 2.68. The predicted molar refractivity (Wildman–Crippen MR) is 87.4 cm³/mol. The Labute approximate surface area is 132 Å². The van der Waals surface area contributed by atoms with Crippen LogP contribution in [-0.4, -0.2) is 29.0 Å². The summed E-state index contributed by atoms with van der Waals surface area (Å²) in [5.74, 6) is 0.970. The van der Waals surface area contributed by atoms with Crippen LogP contribution in [0.1, 0.15) is 56.2 Å². The standard InChI is InChI=1S/C17H27ClO3/c1-6-13(9-15(20)12(5)19)16-11(4)14(18)8-10(3)17(16)21-7-2/h8,12-13,15,19-20H,6-7,9H2,1-5H3. The lowest BCUT2D eigenvalue weighted by Gasteiger charge is -2.26. The van der Waals surface area contributed by atoms with Crippen LogP contribution < -0.4 is 4.74 Å². The first-order chi connectivity index (χ1) is 9.83. The lowest BCUT2D eigenvalue weighted by Crippen LogP contribution is -2.25. The Balaban J connectivity index is 3.29. The summed E-state index contributed by atoms with van der Waals surface area (Å²) in [5.41, 5.74) is 3.06. The van der Waals surface area contributed by atoms with Crippen LogP contribution in [0, 0.1) is 13.8 Å². The number of aryl methyl sites for hydroxylation is 1. The molecular weight excluding hydrogens is 288 g/mol. The van der Waals surface area contributed by atoms with Gasteiger partial charge in [-0.25, -0.2) is 0 Å². The molecule has 0 radical (unpaired) electrons. The summed E-state index contributed by atoms with van der Waals surface area (Å²) in [4.78, 5) is 0. The van der Waals surface area contributed by atoms with E-state index >= 15 is 0 Å². The zero-order valence-electron chi connectivity index (χ0n) is 13.6. The number of rotatable bonds is 7. The van der Waals surface area contributed by atoms with E-state index in [-0.39, 0.29) is 5.92 Å². The molecule has 0 saturated heterocycles. The van der Waals surface area contributed by atoms with E-state index in [0.29, 0.717) is 13.0 Å². The first-order valence-corrected chi connectivity index (χ1v) is 7.99. The monoisotopic (exact) mass is 314 g/mol. The van der Waals surface area contributed by atoms with Gasteiger partial charge in [-0.3, -0.25) is 0 Å². The normalized spacial score (nSPS) is 15.6. The van der Waals surface area contributed by atoms with Crippen LogP contribution in [0.5, 0.6) is 5.75 Å². The van der Waals surface area contributed by atoms with Crippen molar-refractivity contribution in [2.45, 2.75) is 65.6 Å². The molecule has 120 valence electrons. The van der Waals surface area contributed by atoms with Crippen LogP contribution in [0.15, 0.2) is 6.07 Å². The molecule has 0 aliphatic carbocycles. The fourth-order valence-corrected chi connectivity index (χ4v) is 2.95. The zero-order chi connectivity index (χ0) is 16.2. The van der Waals surface area contributed by atoms with Gasteiger partial charge in [0, 0.05) is 10.6 Å². The molecule has 0 amide bonds. The molecule has 1 aromatic rings. The molecule has 0 aromatic heterocycles. The van der Waals surface area contributed by atoms with Crippen molar-refractivity contribution in [2.24, 2.45) is 0 Å². The van der Waals surface area contributed by atoms with E-state index in [1.807, 2.05) is 26.8 Å². The van der Waals surface area contributed by atoms with E-state index in [0.717, 1.165) is 33.9 Å². The molecule has 0 spiro atoms. The Hall–Kier alpha value is -0.770. The van der Waals surface area contributed by atoms with E-state index in [9.17, 15) is 10.2 Å². The lowest BCUT2D eigenvalue weighted by atomic mass is 9.85. The third-order valence-electron chi connectivity index (χ3n) is 3.98. The van der Waals surface area contributed by atoms with Gasteiger partial charge in [0.2, 0.25) is 0 Å². The van der Waals surface area contributed by atoms with E-state index in [4.69, 9.17) is 16.3 Å². The molecule has 0 bridgehead atoms. The van der Waals surface area contributed by atoms with Gasteiger partial charge in [0.25, 0.3) is 0 Å². The Bertz CT molecular complexity index is 472. The van der Waals surface area contributed by atoms with Gasteiger partial charge in [-0.2, -0.15) is 0 Å². The first-order valence-electron chi connectivity index (χ1n) is 7.61. The van der Waals surface area contributed by atoms with Crippen LogP contribution >= 0.6 is 11.6 Å². The molecule has 3 unspecified atom stereocenters.